The van der Waals surface area contributed by atoms with Gasteiger partial charge < -0.3 is 10.6 Å². The minimum absolute atomic E-state index is 0.298. The van der Waals surface area contributed by atoms with Crippen LogP contribution in [0.5, 0.6) is 0 Å². The molecule has 0 saturated heterocycles. The molecule has 1 aromatic carbocycles. The highest BCUT2D eigenvalue weighted by molar-refractivity contribution is 6.32. The Morgan fingerprint density at radius 2 is 2.12 bits per heavy atom. The van der Waals surface area contributed by atoms with E-state index in [1.54, 1.807) is 29.1 Å². The van der Waals surface area contributed by atoms with Crippen LogP contribution in [0.4, 0.5) is 21.8 Å². The number of rotatable bonds is 6. The highest BCUT2D eigenvalue weighted by Gasteiger charge is 2.15. The number of nitrogens with zero attached hydrogens (tertiary/aromatic N) is 4. The van der Waals surface area contributed by atoms with Crippen molar-refractivity contribution < 1.29 is 4.39 Å². The average Bonchev–Trinajstić information content (AvgIpc) is 3.06. The Morgan fingerprint density at radius 1 is 1.32 bits per heavy atom. The van der Waals surface area contributed by atoms with E-state index >= 15 is 0 Å². The normalized spacial score (nSPS) is 10.9. The van der Waals surface area contributed by atoms with Crippen molar-refractivity contribution in [3.8, 4) is 0 Å². The molecular formula is C17H16ClFN6. The van der Waals surface area contributed by atoms with E-state index in [1.807, 2.05) is 13.1 Å². The second-order valence-electron chi connectivity index (χ2n) is 5.18. The molecule has 2 aromatic heterocycles. The van der Waals surface area contributed by atoms with Crippen LogP contribution in [-0.4, -0.2) is 19.7 Å². The van der Waals surface area contributed by atoms with E-state index in [9.17, 15) is 4.39 Å². The van der Waals surface area contributed by atoms with Crippen molar-refractivity contribution in [1.29, 1.82) is 0 Å². The quantitative estimate of drug-likeness (QED) is 0.695. The predicted octanol–water partition coefficient (Wildman–Crippen LogP) is 4.06. The second kappa shape index (κ2) is 7.48. The van der Waals surface area contributed by atoms with E-state index in [2.05, 4.69) is 32.6 Å². The summed E-state index contributed by atoms with van der Waals surface area (Å²) < 4.78 is 15.6. The van der Waals surface area contributed by atoms with Crippen molar-refractivity contribution in [3.05, 3.63) is 72.2 Å². The second-order valence-corrected chi connectivity index (χ2v) is 5.59. The van der Waals surface area contributed by atoms with Gasteiger partial charge in [-0.3, -0.25) is 4.68 Å². The minimum atomic E-state index is -0.379. The van der Waals surface area contributed by atoms with Crippen LogP contribution in [0.2, 0.25) is 5.02 Å². The Hall–Kier alpha value is -2.67. The maximum atomic E-state index is 13.9. The molecule has 0 unspecified atom stereocenters. The molecular weight excluding hydrogens is 343 g/mol. The molecule has 3 aromatic rings. The lowest BCUT2D eigenvalue weighted by atomic mass is 10.1. The number of nitrogens with one attached hydrogen (secondary N) is 2. The minimum Gasteiger partial charge on any atom is -0.356 e. The molecule has 25 heavy (non-hydrogen) atoms. The Balaban J connectivity index is 1.78. The Morgan fingerprint density at radius 3 is 2.84 bits per heavy atom. The SMILES string of the molecule is [CH2][C](Nc1nc(Nc2cnn(CC)c2)ncc1Cl)c1ccccc1F. The van der Waals surface area contributed by atoms with Gasteiger partial charge in [0.15, 0.2) is 5.82 Å². The van der Waals surface area contributed by atoms with Gasteiger partial charge in [-0.15, -0.1) is 0 Å². The van der Waals surface area contributed by atoms with Gasteiger partial charge in [0.25, 0.3) is 0 Å². The van der Waals surface area contributed by atoms with Crippen LogP contribution in [-0.2, 0) is 6.54 Å². The summed E-state index contributed by atoms with van der Waals surface area (Å²) in [5.74, 6) is 0.287. The van der Waals surface area contributed by atoms with E-state index in [1.165, 1.54) is 12.3 Å². The van der Waals surface area contributed by atoms with E-state index in [0.29, 0.717) is 28.4 Å². The molecule has 3 rings (SSSR count). The summed E-state index contributed by atoms with van der Waals surface area (Å²) >= 11 is 6.13. The maximum Gasteiger partial charge on any atom is 0.229 e. The van der Waals surface area contributed by atoms with Crippen LogP contribution >= 0.6 is 11.6 Å². The molecule has 0 aliphatic heterocycles. The third kappa shape index (κ3) is 4.06. The monoisotopic (exact) mass is 358 g/mol. The number of anilines is 3. The topological polar surface area (TPSA) is 67.7 Å². The van der Waals surface area contributed by atoms with Crippen molar-refractivity contribution in [2.45, 2.75) is 13.5 Å². The first kappa shape index (κ1) is 17.2. The number of hydrogen-bond acceptors (Lipinski definition) is 5. The van der Waals surface area contributed by atoms with E-state index in [0.717, 1.165) is 12.2 Å². The molecule has 0 bridgehead atoms. The van der Waals surface area contributed by atoms with Gasteiger partial charge in [-0.05, 0) is 19.9 Å². The van der Waals surface area contributed by atoms with Crippen molar-refractivity contribution in [1.82, 2.24) is 19.7 Å². The third-order valence-electron chi connectivity index (χ3n) is 3.43. The molecule has 8 heteroatoms. The largest absolute Gasteiger partial charge is 0.356 e. The fourth-order valence-corrected chi connectivity index (χ4v) is 2.30. The number of aryl methyl sites for hydroxylation is 1. The lowest BCUT2D eigenvalue weighted by Gasteiger charge is -2.15. The van der Waals surface area contributed by atoms with Gasteiger partial charge in [0, 0.05) is 18.3 Å². The molecule has 2 radical (unpaired) electrons. The lowest BCUT2D eigenvalue weighted by Crippen LogP contribution is -2.12. The Kier molecular flexibility index (Phi) is 5.14. The molecule has 128 valence electrons. The summed E-state index contributed by atoms with van der Waals surface area (Å²) in [6.07, 6.45) is 4.97. The van der Waals surface area contributed by atoms with Gasteiger partial charge in [-0.2, -0.15) is 10.1 Å². The smallest absolute Gasteiger partial charge is 0.229 e. The van der Waals surface area contributed by atoms with Crippen LogP contribution in [0.25, 0.3) is 0 Å². The first-order chi connectivity index (χ1) is 12.1. The molecule has 0 amide bonds. The summed E-state index contributed by atoms with van der Waals surface area (Å²) in [5.41, 5.74) is 1.10. The average molecular weight is 359 g/mol. The van der Waals surface area contributed by atoms with Gasteiger partial charge in [-0.25, -0.2) is 9.37 Å². The van der Waals surface area contributed by atoms with Crippen molar-refractivity contribution >= 4 is 29.1 Å². The highest BCUT2D eigenvalue weighted by atomic mass is 35.5. The van der Waals surface area contributed by atoms with Gasteiger partial charge in [0.1, 0.15) is 10.8 Å². The molecule has 2 heterocycles. The van der Waals surface area contributed by atoms with Gasteiger partial charge in [-0.1, -0.05) is 29.8 Å². The van der Waals surface area contributed by atoms with Crippen LogP contribution in [0.15, 0.2) is 42.9 Å². The number of halogens is 2. The lowest BCUT2D eigenvalue weighted by molar-refractivity contribution is 0.618. The molecule has 2 N–H and O–H groups in total. The molecule has 6 nitrogen and oxygen atoms in total. The van der Waals surface area contributed by atoms with Crippen LogP contribution in [0.3, 0.4) is 0 Å². The molecule has 0 aliphatic rings. The summed E-state index contributed by atoms with van der Waals surface area (Å²) in [6.45, 7) is 6.60. The molecule has 0 atom stereocenters. The fourth-order valence-electron chi connectivity index (χ4n) is 2.16. The zero-order valence-corrected chi connectivity index (χ0v) is 14.3. The highest BCUT2D eigenvalue weighted by Crippen LogP contribution is 2.26. The number of hydrogen-bond donors (Lipinski definition) is 2. The molecule has 0 spiro atoms. The van der Waals surface area contributed by atoms with Gasteiger partial charge in [0.2, 0.25) is 5.95 Å². The van der Waals surface area contributed by atoms with Crippen molar-refractivity contribution in [3.63, 3.8) is 0 Å². The summed E-state index contributed by atoms with van der Waals surface area (Å²) in [7, 11) is 0. The van der Waals surface area contributed by atoms with Gasteiger partial charge in [0.05, 0.1) is 24.1 Å². The van der Waals surface area contributed by atoms with E-state index in [4.69, 9.17) is 11.6 Å². The Labute approximate surface area is 150 Å². The first-order valence-corrected chi connectivity index (χ1v) is 7.97. The summed E-state index contributed by atoms with van der Waals surface area (Å²) in [5, 5.41) is 10.4. The van der Waals surface area contributed by atoms with Gasteiger partial charge >= 0.3 is 0 Å². The number of aromatic nitrogens is 4. The third-order valence-corrected chi connectivity index (χ3v) is 3.70. The standard InChI is InChI=1S/C17H16ClFN6/c1-3-25-10-12(8-21-25)23-17-20-9-14(18)16(24-17)22-11(2)13-6-4-5-7-15(13)19/h4-10H,2-3H2,1H3,(H2,20,22,23,24). The zero-order valence-electron chi connectivity index (χ0n) is 13.5. The van der Waals surface area contributed by atoms with E-state index < -0.39 is 0 Å². The Bertz CT molecular complexity index is 866. The van der Waals surface area contributed by atoms with Crippen molar-refractivity contribution in [2.75, 3.05) is 10.6 Å². The van der Waals surface area contributed by atoms with Crippen LogP contribution < -0.4 is 10.6 Å². The molecule has 0 saturated carbocycles. The zero-order chi connectivity index (χ0) is 17.8. The molecule has 0 fully saturated rings. The summed E-state index contributed by atoms with van der Waals surface area (Å²) in [6, 6.07) is 6.68. The summed E-state index contributed by atoms with van der Waals surface area (Å²) in [4.78, 5) is 8.44. The van der Waals surface area contributed by atoms with E-state index in [-0.39, 0.29) is 5.82 Å². The van der Waals surface area contributed by atoms with Crippen molar-refractivity contribution in [2.24, 2.45) is 0 Å². The predicted molar refractivity (Wildman–Crippen MR) is 96.0 cm³/mol. The van der Waals surface area contributed by atoms with Crippen LogP contribution in [0, 0.1) is 18.8 Å². The fraction of sp³-hybridized carbons (Fsp3) is 0.118. The maximum absolute atomic E-state index is 13.9. The molecule has 0 aliphatic carbocycles. The van der Waals surface area contributed by atoms with Crippen LogP contribution in [0.1, 0.15) is 12.5 Å². The number of benzene rings is 1. The first-order valence-electron chi connectivity index (χ1n) is 7.59.